The van der Waals surface area contributed by atoms with Gasteiger partial charge in [-0.1, -0.05) is 152 Å². The molecule has 0 unspecified atom stereocenters. The highest BCUT2D eigenvalue weighted by Gasteiger charge is 2.43. The Hall–Kier alpha value is -7.56. The summed E-state index contributed by atoms with van der Waals surface area (Å²) in [5.41, 5.74) is 19.8. The molecule has 58 heavy (non-hydrogen) atoms. The third-order valence-corrected chi connectivity index (χ3v) is 12.7. The second-order valence-corrected chi connectivity index (χ2v) is 15.7. The Kier molecular flexibility index (Phi) is 6.53. The maximum Gasteiger partial charge on any atom is 0.252 e. The molecule has 0 saturated heterocycles. The van der Waals surface area contributed by atoms with Crippen LogP contribution in [0.25, 0.3) is 60.3 Å². The van der Waals surface area contributed by atoms with Crippen molar-refractivity contribution in [3.63, 3.8) is 0 Å². The lowest BCUT2D eigenvalue weighted by Crippen LogP contribution is -2.61. The smallest absolute Gasteiger partial charge is 0.252 e. The Morgan fingerprint density at radius 2 is 0.810 bits per heavy atom. The maximum absolute atomic E-state index is 2.53. The minimum Gasteiger partial charge on any atom is -0.311 e. The third kappa shape index (κ3) is 4.34. The van der Waals surface area contributed by atoms with Gasteiger partial charge in [0.25, 0.3) is 6.71 Å². The lowest BCUT2D eigenvalue weighted by atomic mass is 9.33. The van der Waals surface area contributed by atoms with Gasteiger partial charge in [-0.2, -0.15) is 0 Å². The monoisotopic (exact) mass is 735 g/mol. The number of fused-ring (bicyclic) bond motifs is 10. The lowest BCUT2D eigenvalue weighted by molar-refractivity contribution is 1.25. The average molecular weight is 736 g/mol. The number of rotatable bonds is 4. The quantitative estimate of drug-likeness (QED) is 0.167. The molecular formula is C54H34BN3. The summed E-state index contributed by atoms with van der Waals surface area (Å²) in [7, 11) is 0. The number of benzene rings is 9. The van der Waals surface area contributed by atoms with Gasteiger partial charge in [0, 0.05) is 55.7 Å². The molecule has 0 radical (unpaired) electrons. The van der Waals surface area contributed by atoms with Crippen LogP contribution in [0.5, 0.6) is 0 Å². The van der Waals surface area contributed by atoms with E-state index in [1.807, 2.05) is 0 Å². The van der Waals surface area contributed by atoms with E-state index >= 15 is 0 Å². The van der Waals surface area contributed by atoms with Gasteiger partial charge in [0.1, 0.15) is 0 Å². The highest BCUT2D eigenvalue weighted by Crippen LogP contribution is 2.47. The summed E-state index contributed by atoms with van der Waals surface area (Å²) in [6.45, 7) is 0.0401. The van der Waals surface area contributed by atoms with E-state index in [0.717, 1.165) is 11.4 Å². The number of hydrogen-bond donors (Lipinski definition) is 0. The molecule has 0 bridgehead atoms. The van der Waals surface area contributed by atoms with Crippen molar-refractivity contribution >= 4 is 95.3 Å². The van der Waals surface area contributed by atoms with Gasteiger partial charge in [0.15, 0.2) is 0 Å². The second kappa shape index (κ2) is 12.0. The van der Waals surface area contributed by atoms with Crippen LogP contribution in [0.15, 0.2) is 206 Å². The molecule has 0 N–H and O–H groups in total. The highest BCUT2D eigenvalue weighted by atomic mass is 15.2. The van der Waals surface area contributed by atoms with Gasteiger partial charge in [-0.25, -0.2) is 0 Å². The van der Waals surface area contributed by atoms with Crippen molar-refractivity contribution in [1.82, 2.24) is 4.40 Å². The molecule has 4 heteroatoms. The fourth-order valence-electron chi connectivity index (χ4n) is 10.2. The Balaban J connectivity index is 1.08. The molecule has 4 heterocycles. The standard InChI is InChI=1S/C54H34BN3/c1-3-13-35(14-4-1)37-25-29-39(30-26-37)56-48-22-10-8-20-45(48)55-46-33-44-43-19-11-18-42-41-17-7-9-21-47(41)58(54(42)43)51(44)34-52(46)57(50-24-12-23-49(56)53(50)55)40-31-27-38(28-32-40)36-15-5-2-6-16-36/h1-34H. The SMILES string of the molecule is c1ccc(-c2ccc(N3c4ccccc4B4c5cc6c7cccc8c9ccccc9n(c6cc5N(c5ccc(-c6ccccc6)cc5)c5cccc3c54)c87)cc2)cc1. The number of aromatic nitrogens is 1. The van der Waals surface area contributed by atoms with Gasteiger partial charge in [0.05, 0.1) is 16.6 Å². The van der Waals surface area contributed by atoms with E-state index in [-0.39, 0.29) is 6.71 Å². The van der Waals surface area contributed by atoms with Crippen molar-refractivity contribution < 1.29 is 0 Å². The molecule has 268 valence electrons. The van der Waals surface area contributed by atoms with Crippen LogP contribution >= 0.6 is 0 Å². The van der Waals surface area contributed by atoms with Crippen molar-refractivity contribution in [2.45, 2.75) is 0 Å². The summed E-state index contributed by atoms with van der Waals surface area (Å²) in [5.74, 6) is 0. The zero-order valence-electron chi connectivity index (χ0n) is 31.5. The zero-order valence-corrected chi connectivity index (χ0v) is 31.5. The summed E-state index contributed by atoms with van der Waals surface area (Å²) in [6, 6.07) is 76.2. The van der Waals surface area contributed by atoms with Gasteiger partial charge in [-0.05, 0) is 93.2 Å². The first kappa shape index (κ1) is 31.6. The number of para-hydroxylation sites is 3. The molecule has 11 aromatic rings. The van der Waals surface area contributed by atoms with Crippen molar-refractivity contribution in [2.24, 2.45) is 0 Å². The minimum absolute atomic E-state index is 0.0401. The first-order valence-electron chi connectivity index (χ1n) is 20.1. The van der Waals surface area contributed by atoms with Crippen LogP contribution in [0.3, 0.4) is 0 Å². The van der Waals surface area contributed by atoms with Gasteiger partial charge in [-0.3, -0.25) is 0 Å². The van der Waals surface area contributed by atoms with Crippen molar-refractivity contribution in [1.29, 1.82) is 0 Å². The highest BCUT2D eigenvalue weighted by molar-refractivity contribution is 7.00. The molecule has 2 aromatic heterocycles. The first-order valence-corrected chi connectivity index (χ1v) is 20.1. The number of hydrogen-bond acceptors (Lipinski definition) is 2. The molecule has 0 aliphatic carbocycles. The molecule has 0 amide bonds. The van der Waals surface area contributed by atoms with E-state index in [9.17, 15) is 0 Å². The van der Waals surface area contributed by atoms with Gasteiger partial charge < -0.3 is 14.2 Å². The van der Waals surface area contributed by atoms with Gasteiger partial charge in [-0.15, -0.1) is 0 Å². The van der Waals surface area contributed by atoms with E-state index in [4.69, 9.17) is 0 Å². The normalized spacial score (nSPS) is 13.1. The number of nitrogens with zero attached hydrogens (tertiary/aromatic N) is 3. The Morgan fingerprint density at radius 1 is 0.310 bits per heavy atom. The molecule has 0 saturated carbocycles. The topological polar surface area (TPSA) is 10.9 Å². The van der Waals surface area contributed by atoms with Crippen molar-refractivity contribution in [3.8, 4) is 22.3 Å². The van der Waals surface area contributed by atoms with E-state index in [2.05, 4.69) is 220 Å². The molecule has 2 aliphatic rings. The fourth-order valence-corrected chi connectivity index (χ4v) is 10.2. The Bertz CT molecular complexity index is 3390. The maximum atomic E-state index is 2.53. The zero-order chi connectivity index (χ0) is 37.9. The number of anilines is 6. The molecule has 3 nitrogen and oxygen atoms in total. The molecule has 9 aromatic carbocycles. The predicted molar refractivity (Wildman–Crippen MR) is 246 cm³/mol. The summed E-state index contributed by atoms with van der Waals surface area (Å²) in [5, 5.41) is 5.19. The Labute approximate surface area is 336 Å². The summed E-state index contributed by atoms with van der Waals surface area (Å²) >= 11 is 0. The summed E-state index contributed by atoms with van der Waals surface area (Å²) < 4.78 is 2.51. The third-order valence-electron chi connectivity index (χ3n) is 12.7. The van der Waals surface area contributed by atoms with E-state index in [1.165, 1.54) is 99.5 Å². The van der Waals surface area contributed by atoms with Crippen molar-refractivity contribution in [3.05, 3.63) is 206 Å². The van der Waals surface area contributed by atoms with E-state index < -0.39 is 0 Å². The van der Waals surface area contributed by atoms with Gasteiger partial charge in [0.2, 0.25) is 0 Å². The Morgan fingerprint density at radius 3 is 1.48 bits per heavy atom. The van der Waals surface area contributed by atoms with Gasteiger partial charge >= 0.3 is 0 Å². The lowest BCUT2D eigenvalue weighted by Gasteiger charge is -2.44. The summed E-state index contributed by atoms with van der Waals surface area (Å²) in [6.07, 6.45) is 0. The molecule has 2 aliphatic heterocycles. The van der Waals surface area contributed by atoms with Crippen molar-refractivity contribution in [2.75, 3.05) is 9.80 Å². The van der Waals surface area contributed by atoms with Crippen LogP contribution in [0.4, 0.5) is 34.1 Å². The van der Waals surface area contributed by atoms with Crippen LogP contribution in [0, 0.1) is 0 Å². The second-order valence-electron chi connectivity index (χ2n) is 15.7. The molecule has 0 spiro atoms. The molecule has 0 atom stereocenters. The van der Waals surface area contributed by atoms with Crippen LogP contribution in [0.2, 0.25) is 0 Å². The van der Waals surface area contributed by atoms with Crippen LogP contribution in [-0.2, 0) is 0 Å². The van der Waals surface area contributed by atoms with Crippen LogP contribution in [-0.4, -0.2) is 11.1 Å². The molecule has 0 fully saturated rings. The first-order chi connectivity index (χ1) is 28.8. The molecular weight excluding hydrogens is 701 g/mol. The average Bonchev–Trinajstić information content (AvgIpc) is 3.81. The fraction of sp³-hybridized carbons (Fsp3) is 0. The minimum atomic E-state index is 0.0401. The predicted octanol–water partition coefficient (Wildman–Crippen LogP) is 12.3. The largest absolute Gasteiger partial charge is 0.311 e. The molecule has 13 rings (SSSR count). The van der Waals surface area contributed by atoms with Crippen LogP contribution < -0.4 is 26.2 Å². The van der Waals surface area contributed by atoms with E-state index in [0.29, 0.717) is 0 Å². The summed E-state index contributed by atoms with van der Waals surface area (Å²) in [4.78, 5) is 5.00. The van der Waals surface area contributed by atoms with E-state index in [1.54, 1.807) is 0 Å². The van der Waals surface area contributed by atoms with Crippen LogP contribution in [0.1, 0.15) is 0 Å².